The Bertz CT molecular complexity index is 803. The lowest BCUT2D eigenvalue weighted by Crippen LogP contribution is -2.56. The molecule has 1 N–H and O–H groups in total. The van der Waals surface area contributed by atoms with Crippen molar-refractivity contribution in [1.29, 1.82) is 5.26 Å². The fourth-order valence-electron chi connectivity index (χ4n) is 3.48. The molecule has 4 heterocycles. The Balaban J connectivity index is 1.38. The Morgan fingerprint density at radius 1 is 1.32 bits per heavy atom. The molecule has 5 rings (SSSR count). The molecule has 6 nitrogen and oxygen atoms in total. The minimum absolute atomic E-state index is 0.0306. The summed E-state index contributed by atoms with van der Waals surface area (Å²) in [6.07, 6.45) is 5.15. The first-order chi connectivity index (χ1) is 12.2. The Labute approximate surface area is 150 Å². The molecule has 0 aliphatic carbocycles. The highest BCUT2D eigenvalue weighted by atomic mass is 32.2. The monoisotopic (exact) mass is 354 g/mol. The van der Waals surface area contributed by atoms with Crippen LogP contribution >= 0.6 is 11.8 Å². The van der Waals surface area contributed by atoms with Gasteiger partial charge in [-0.2, -0.15) is 5.26 Å². The molecule has 1 aromatic carbocycles. The molecule has 3 aliphatic heterocycles. The minimum atomic E-state index is -0.0306. The van der Waals surface area contributed by atoms with Crippen molar-refractivity contribution >= 4 is 17.7 Å². The molecule has 2 aromatic rings. The predicted molar refractivity (Wildman–Crippen MR) is 92.0 cm³/mol. The van der Waals surface area contributed by atoms with Crippen molar-refractivity contribution in [1.82, 2.24) is 15.2 Å². The van der Waals surface area contributed by atoms with Gasteiger partial charge in [-0.3, -0.25) is 9.69 Å². The number of piperidine rings is 3. The van der Waals surface area contributed by atoms with Crippen LogP contribution in [-0.4, -0.2) is 35.0 Å². The van der Waals surface area contributed by atoms with Crippen LogP contribution in [0.1, 0.15) is 35.4 Å². The molecule has 128 valence electrons. The molecule has 1 unspecified atom stereocenters. The number of aromatic nitrogens is 1. The van der Waals surface area contributed by atoms with Crippen molar-refractivity contribution in [3.63, 3.8) is 0 Å². The normalized spacial score (nSPS) is 24.7. The number of amides is 1. The quantitative estimate of drug-likeness (QED) is 0.909. The van der Waals surface area contributed by atoms with E-state index in [1.54, 1.807) is 0 Å². The molecule has 0 saturated carbocycles. The lowest BCUT2D eigenvalue weighted by molar-refractivity contribution is 0.0295. The molecular weight excluding hydrogens is 336 g/mol. The average Bonchev–Trinajstić information content (AvgIpc) is 3.11. The van der Waals surface area contributed by atoms with Gasteiger partial charge in [-0.1, -0.05) is 0 Å². The highest BCUT2D eigenvalue weighted by Gasteiger charge is 2.34. The fourth-order valence-corrected chi connectivity index (χ4v) is 4.19. The number of hydrogen-bond donors (Lipinski definition) is 1. The van der Waals surface area contributed by atoms with Crippen molar-refractivity contribution in [2.24, 2.45) is 5.92 Å². The molecule has 7 heteroatoms. The maximum atomic E-state index is 12.5. The van der Waals surface area contributed by atoms with Crippen molar-refractivity contribution in [3.05, 3.63) is 41.8 Å². The van der Waals surface area contributed by atoms with Crippen molar-refractivity contribution in [2.45, 2.75) is 35.5 Å². The van der Waals surface area contributed by atoms with E-state index in [9.17, 15) is 4.79 Å². The Morgan fingerprint density at radius 2 is 2.08 bits per heavy atom. The zero-order valence-corrected chi connectivity index (χ0v) is 14.5. The first-order valence-corrected chi connectivity index (χ1v) is 9.21. The second-order valence-electron chi connectivity index (χ2n) is 6.43. The van der Waals surface area contributed by atoms with Crippen LogP contribution in [0.15, 0.2) is 45.0 Å². The van der Waals surface area contributed by atoms with Crippen LogP contribution in [0, 0.1) is 17.2 Å². The van der Waals surface area contributed by atoms with Gasteiger partial charge in [-0.25, -0.2) is 4.98 Å². The van der Waals surface area contributed by atoms with Gasteiger partial charge in [0.25, 0.3) is 11.1 Å². The fraction of sp³-hybridized carbons (Fsp3) is 0.389. The summed E-state index contributed by atoms with van der Waals surface area (Å²) >= 11 is 1.32. The molecule has 1 amide bonds. The summed E-state index contributed by atoms with van der Waals surface area (Å²) in [6, 6.07) is 9.25. The third kappa shape index (κ3) is 3.55. The molecule has 1 atom stereocenters. The summed E-state index contributed by atoms with van der Waals surface area (Å²) < 4.78 is 5.25. The van der Waals surface area contributed by atoms with Gasteiger partial charge < -0.3 is 9.73 Å². The van der Waals surface area contributed by atoms with E-state index < -0.39 is 0 Å². The largest absolute Gasteiger partial charge is 0.420 e. The smallest absolute Gasteiger partial charge is 0.261 e. The lowest BCUT2D eigenvalue weighted by Gasteiger charge is -2.45. The third-order valence-electron chi connectivity index (χ3n) is 4.86. The number of fused-ring (bicyclic) bond motifs is 3. The number of rotatable bonds is 4. The predicted octanol–water partition coefficient (Wildman–Crippen LogP) is 2.87. The number of oxazole rings is 1. The molecule has 0 spiro atoms. The maximum absolute atomic E-state index is 12.5. The number of carbonyl (C=O) groups excluding carboxylic acids is 1. The molecule has 3 fully saturated rings. The zero-order valence-electron chi connectivity index (χ0n) is 13.6. The van der Waals surface area contributed by atoms with E-state index in [1.807, 2.05) is 30.3 Å². The van der Waals surface area contributed by atoms with Crippen LogP contribution in [0.5, 0.6) is 0 Å². The molecule has 25 heavy (non-hydrogen) atoms. The van der Waals surface area contributed by atoms with E-state index in [1.165, 1.54) is 30.8 Å². The number of hydrogen-bond acceptors (Lipinski definition) is 6. The standard InChI is InChI=1S/C18H18N4O2S/c19-10-14-11-20-18(24-14)25-15-3-1-13(2-4-15)17(23)21-16-9-12-5-7-22(16)8-6-12/h1-4,11-12,16H,5-9H2,(H,21,23). The molecule has 0 radical (unpaired) electrons. The first-order valence-electron chi connectivity index (χ1n) is 8.40. The molecule has 2 bridgehead atoms. The van der Waals surface area contributed by atoms with E-state index >= 15 is 0 Å². The number of benzene rings is 1. The van der Waals surface area contributed by atoms with E-state index in [0.717, 1.165) is 30.3 Å². The van der Waals surface area contributed by atoms with Crippen LogP contribution < -0.4 is 5.32 Å². The number of nitriles is 1. The van der Waals surface area contributed by atoms with E-state index in [-0.39, 0.29) is 17.8 Å². The topological polar surface area (TPSA) is 82.2 Å². The van der Waals surface area contributed by atoms with Gasteiger partial charge in [0.1, 0.15) is 6.07 Å². The van der Waals surface area contributed by atoms with Gasteiger partial charge in [0.2, 0.25) is 5.76 Å². The maximum Gasteiger partial charge on any atom is 0.261 e. The Hall–Kier alpha value is -2.30. The third-order valence-corrected chi connectivity index (χ3v) is 5.73. The van der Waals surface area contributed by atoms with Crippen LogP contribution in [0.3, 0.4) is 0 Å². The molecular formula is C18H18N4O2S. The lowest BCUT2D eigenvalue weighted by atomic mass is 9.86. The highest BCUT2D eigenvalue weighted by molar-refractivity contribution is 7.99. The van der Waals surface area contributed by atoms with Crippen LogP contribution in [-0.2, 0) is 0 Å². The molecule has 3 saturated heterocycles. The number of nitrogens with one attached hydrogen (secondary N) is 1. The van der Waals surface area contributed by atoms with Crippen LogP contribution in [0.2, 0.25) is 0 Å². The van der Waals surface area contributed by atoms with Gasteiger partial charge in [0.05, 0.1) is 12.4 Å². The summed E-state index contributed by atoms with van der Waals surface area (Å²) in [5, 5.41) is 12.3. The summed E-state index contributed by atoms with van der Waals surface area (Å²) in [5.41, 5.74) is 0.650. The summed E-state index contributed by atoms with van der Waals surface area (Å²) in [6.45, 7) is 2.18. The molecule has 1 aromatic heterocycles. The number of nitrogens with zero attached hydrogens (tertiary/aromatic N) is 3. The van der Waals surface area contributed by atoms with Crippen molar-refractivity contribution in [3.8, 4) is 6.07 Å². The summed E-state index contributed by atoms with van der Waals surface area (Å²) in [4.78, 5) is 19.8. The van der Waals surface area contributed by atoms with Gasteiger partial charge in [-0.05, 0) is 61.2 Å². The van der Waals surface area contributed by atoms with Crippen LogP contribution in [0.25, 0.3) is 0 Å². The first kappa shape index (κ1) is 16.2. The van der Waals surface area contributed by atoms with E-state index in [2.05, 4.69) is 15.2 Å². The Morgan fingerprint density at radius 3 is 2.68 bits per heavy atom. The van der Waals surface area contributed by atoms with E-state index in [4.69, 9.17) is 9.68 Å². The summed E-state index contributed by atoms with van der Waals surface area (Å²) in [5.74, 6) is 0.917. The number of carbonyl (C=O) groups is 1. The Kier molecular flexibility index (Phi) is 4.47. The van der Waals surface area contributed by atoms with Crippen LogP contribution in [0.4, 0.5) is 0 Å². The van der Waals surface area contributed by atoms with Crippen molar-refractivity contribution in [2.75, 3.05) is 13.1 Å². The van der Waals surface area contributed by atoms with Gasteiger partial charge in [-0.15, -0.1) is 0 Å². The SMILES string of the molecule is N#Cc1cnc(Sc2ccc(C(=O)NC3CC4CCN3CC4)cc2)o1. The molecule has 3 aliphatic rings. The van der Waals surface area contributed by atoms with E-state index in [0.29, 0.717) is 10.8 Å². The van der Waals surface area contributed by atoms with Gasteiger partial charge in [0, 0.05) is 23.5 Å². The van der Waals surface area contributed by atoms with Gasteiger partial charge in [0.15, 0.2) is 0 Å². The second kappa shape index (κ2) is 6.90. The average molecular weight is 354 g/mol. The zero-order chi connectivity index (χ0) is 17.2. The summed E-state index contributed by atoms with van der Waals surface area (Å²) in [7, 11) is 0. The van der Waals surface area contributed by atoms with Crippen molar-refractivity contribution < 1.29 is 9.21 Å². The van der Waals surface area contributed by atoms with Gasteiger partial charge >= 0.3 is 0 Å². The second-order valence-corrected chi connectivity index (χ2v) is 7.46. The minimum Gasteiger partial charge on any atom is -0.420 e. The highest BCUT2D eigenvalue weighted by Crippen LogP contribution is 2.31.